The molecule has 106 valence electrons. The van der Waals surface area contributed by atoms with Gasteiger partial charge in [-0.2, -0.15) is 0 Å². The first-order valence-corrected chi connectivity index (χ1v) is 7.17. The van der Waals surface area contributed by atoms with Gasteiger partial charge >= 0.3 is 35.5 Å². The van der Waals surface area contributed by atoms with Crippen LogP contribution in [0, 0.1) is 5.92 Å². The number of carbonyl (C=O) groups is 2. The first-order chi connectivity index (χ1) is 9.02. The summed E-state index contributed by atoms with van der Waals surface area (Å²) >= 11 is 1.35. The number of rotatable bonds is 3. The van der Waals surface area contributed by atoms with Crippen molar-refractivity contribution >= 4 is 53.2 Å². The van der Waals surface area contributed by atoms with Gasteiger partial charge < -0.3 is 14.9 Å². The number of carbonyl (C=O) groups excluding carboxylic acids is 1. The standard InChI is InChI=1S/C12H15NO5S.Na.H/c1-5(14)7-10(15)13-8(12(16)17)9(19-11(7)13)6-3-2-4-18-6;;/h5-7,11,14H,2-4H2,1H3,(H,16,17);;/t5-,6-,7+,11-;;/m1../s1. The number of carboxylic acids is 1. The van der Waals surface area contributed by atoms with Crippen LogP contribution in [0.2, 0.25) is 0 Å². The molecule has 3 rings (SSSR count). The minimum atomic E-state index is -1.10. The monoisotopic (exact) mass is 309 g/mol. The first-order valence-electron chi connectivity index (χ1n) is 6.29. The van der Waals surface area contributed by atoms with Crippen molar-refractivity contribution in [2.24, 2.45) is 5.92 Å². The molecule has 8 heteroatoms. The Morgan fingerprint density at radius 2 is 2.25 bits per heavy atom. The van der Waals surface area contributed by atoms with Gasteiger partial charge in [-0.15, -0.1) is 0 Å². The van der Waals surface area contributed by atoms with Gasteiger partial charge in [0.15, 0.2) is 0 Å². The van der Waals surface area contributed by atoms with Gasteiger partial charge in [0.2, 0.25) is 5.91 Å². The number of amides is 1. The molecule has 0 aromatic carbocycles. The number of ether oxygens (including phenoxy) is 1. The predicted octanol–water partition coefficient (Wildman–Crippen LogP) is -0.275. The van der Waals surface area contributed by atoms with Crippen LogP contribution in [-0.2, 0) is 14.3 Å². The third kappa shape index (κ3) is 2.34. The average Bonchev–Trinajstić information content (AvgIpc) is 2.92. The van der Waals surface area contributed by atoms with Crippen LogP contribution in [0.25, 0.3) is 0 Å². The van der Waals surface area contributed by atoms with Gasteiger partial charge in [0, 0.05) is 11.5 Å². The van der Waals surface area contributed by atoms with Gasteiger partial charge in [-0.3, -0.25) is 9.69 Å². The number of hydrogen-bond acceptors (Lipinski definition) is 5. The van der Waals surface area contributed by atoms with Gasteiger partial charge in [0.05, 0.1) is 18.1 Å². The Morgan fingerprint density at radius 1 is 1.55 bits per heavy atom. The summed E-state index contributed by atoms with van der Waals surface area (Å²) in [6.07, 6.45) is 0.706. The van der Waals surface area contributed by atoms with Crippen LogP contribution in [-0.4, -0.2) is 80.7 Å². The number of carboxylic acid groups (broad SMARTS) is 1. The topological polar surface area (TPSA) is 87.1 Å². The number of fused-ring (bicyclic) bond motifs is 1. The van der Waals surface area contributed by atoms with E-state index in [1.807, 2.05) is 0 Å². The van der Waals surface area contributed by atoms with Crippen LogP contribution in [0.15, 0.2) is 10.6 Å². The molecular formula is C12H16NNaO5S. The second-order valence-corrected chi connectivity index (χ2v) is 6.16. The van der Waals surface area contributed by atoms with Crippen LogP contribution < -0.4 is 0 Å². The van der Waals surface area contributed by atoms with E-state index in [-0.39, 0.29) is 52.6 Å². The Morgan fingerprint density at radius 3 is 2.75 bits per heavy atom. The van der Waals surface area contributed by atoms with Crippen LogP contribution >= 0.6 is 11.8 Å². The minimum absolute atomic E-state index is 0. The first kappa shape index (κ1) is 16.3. The summed E-state index contributed by atoms with van der Waals surface area (Å²) in [6, 6.07) is 0. The van der Waals surface area contributed by atoms with Crippen LogP contribution in [0.4, 0.5) is 0 Å². The fourth-order valence-corrected chi connectivity index (χ4v) is 4.52. The molecule has 0 saturated carbocycles. The molecule has 1 amide bonds. The second kappa shape index (κ2) is 5.98. The number of aliphatic hydroxyl groups excluding tert-OH is 1. The van der Waals surface area contributed by atoms with Crippen molar-refractivity contribution in [2.75, 3.05) is 6.61 Å². The van der Waals surface area contributed by atoms with E-state index in [2.05, 4.69) is 0 Å². The van der Waals surface area contributed by atoms with Gasteiger partial charge in [-0.25, -0.2) is 4.79 Å². The predicted molar refractivity (Wildman–Crippen MR) is 74.2 cm³/mol. The van der Waals surface area contributed by atoms with Gasteiger partial charge in [-0.05, 0) is 19.8 Å². The molecule has 0 aromatic heterocycles. The average molecular weight is 309 g/mol. The van der Waals surface area contributed by atoms with Crippen LogP contribution in [0.5, 0.6) is 0 Å². The zero-order valence-corrected chi connectivity index (χ0v) is 11.2. The molecule has 4 atom stereocenters. The Bertz CT molecular complexity index is 474. The zero-order valence-electron chi connectivity index (χ0n) is 10.4. The van der Waals surface area contributed by atoms with Crippen LogP contribution in [0.3, 0.4) is 0 Å². The maximum atomic E-state index is 12.0. The molecule has 3 aliphatic heterocycles. The zero-order chi connectivity index (χ0) is 13.7. The quantitative estimate of drug-likeness (QED) is 0.551. The van der Waals surface area contributed by atoms with E-state index in [0.29, 0.717) is 11.5 Å². The number of aliphatic hydroxyl groups is 1. The third-order valence-corrected chi connectivity index (χ3v) is 5.21. The van der Waals surface area contributed by atoms with E-state index in [0.717, 1.165) is 12.8 Å². The molecule has 0 spiro atoms. The van der Waals surface area contributed by atoms with Crippen molar-refractivity contribution in [3.63, 3.8) is 0 Å². The van der Waals surface area contributed by atoms with Crippen molar-refractivity contribution in [1.29, 1.82) is 0 Å². The van der Waals surface area contributed by atoms with E-state index in [1.54, 1.807) is 6.92 Å². The van der Waals surface area contributed by atoms with Gasteiger partial charge in [-0.1, -0.05) is 11.8 Å². The van der Waals surface area contributed by atoms with Crippen molar-refractivity contribution < 1.29 is 24.5 Å². The van der Waals surface area contributed by atoms with E-state index >= 15 is 0 Å². The molecule has 2 saturated heterocycles. The van der Waals surface area contributed by atoms with Crippen molar-refractivity contribution in [3.05, 3.63) is 10.6 Å². The summed E-state index contributed by atoms with van der Waals surface area (Å²) in [5, 5.41) is 18.6. The Kier molecular flexibility index (Phi) is 4.88. The summed E-state index contributed by atoms with van der Waals surface area (Å²) < 4.78 is 5.53. The Balaban J connectivity index is 0.00000147. The molecule has 2 N–H and O–H groups in total. The molecular weight excluding hydrogens is 293 g/mol. The summed E-state index contributed by atoms with van der Waals surface area (Å²) in [4.78, 5) is 25.3. The van der Waals surface area contributed by atoms with E-state index in [1.165, 1.54) is 16.7 Å². The molecule has 6 nitrogen and oxygen atoms in total. The van der Waals surface area contributed by atoms with E-state index in [4.69, 9.17) is 4.74 Å². The molecule has 3 aliphatic rings. The maximum absolute atomic E-state index is 12.0. The normalized spacial score (nSPS) is 33.6. The Hall–Kier alpha value is -0.0500. The SMILES string of the molecule is C[C@@H](O)[C@H]1C(=O)N2C(C(=O)O)=C([C@H]3CCCO3)S[C@H]12.[NaH]. The van der Waals surface area contributed by atoms with Crippen molar-refractivity contribution in [2.45, 2.75) is 37.3 Å². The number of nitrogens with zero attached hydrogens (tertiary/aromatic N) is 1. The molecule has 2 fully saturated rings. The fraction of sp³-hybridized carbons (Fsp3) is 0.667. The third-order valence-electron chi connectivity index (χ3n) is 3.75. The van der Waals surface area contributed by atoms with E-state index < -0.39 is 18.0 Å². The molecule has 20 heavy (non-hydrogen) atoms. The molecule has 0 aromatic rings. The molecule has 0 unspecified atom stereocenters. The second-order valence-electron chi connectivity index (χ2n) is 5.00. The number of β-lactam (4-membered cyclic amide) rings is 1. The number of aliphatic carboxylic acids is 1. The molecule has 0 aliphatic carbocycles. The fourth-order valence-electron chi connectivity index (χ4n) is 2.82. The summed E-state index contributed by atoms with van der Waals surface area (Å²) in [5.41, 5.74) is 0.0452. The molecule has 0 radical (unpaired) electrons. The van der Waals surface area contributed by atoms with Crippen molar-refractivity contribution in [3.8, 4) is 0 Å². The number of thioether (sulfide) groups is 1. The number of hydrogen-bond donors (Lipinski definition) is 2. The van der Waals surface area contributed by atoms with Crippen molar-refractivity contribution in [1.82, 2.24) is 4.90 Å². The molecule has 0 bridgehead atoms. The van der Waals surface area contributed by atoms with Crippen LogP contribution in [0.1, 0.15) is 19.8 Å². The summed E-state index contributed by atoms with van der Waals surface area (Å²) in [5.74, 6) is -1.92. The summed E-state index contributed by atoms with van der Waals surface area (Å²) in [6.45, 7) is 2.19. The van der Waals surface area contributed by atoms with Gasteiger partial charge in [0.1, 0.15) is 11.1 Å². The summed E-state index contributed by atoms with van der Waals surface area (Å²) in [7, 11) is 0. The van der Waals surface area contributed by atoms with Gasteiger partial charge in [0.25, 0.3) is 0 Å². The van der Waals surface area contributed by atoms with E-state index in [9.17, 15) is 19.8 Å². The molecule has 3 heterocycles. The Labute approximate surface area is 142 Å².